The third-order valence-electron chi connectivity index (χ3n) is 1.72. The number of hydrogen-bond donors (Lipinski definition) is 1. The van der Waals surface area contributed by atoms with Crippen molar-refractivity contribution in [2.75, 3.05) is 0 Å². The Morgan fingerprint density at radius 3 is 2.71 bits per heavy atom. The van der Waals surface area contributed by atoms with Crippen LogP contribution >= 0.6 is 22.6 Å². The third-order valence-corrected chi connectivity index (χ3v) is 2.58. The van der Waals surface area contributed by atoms with Gasteiger partial charge in [0.15, 0.2) is 0 Å². The van der Waals surface area contributed by atoms with E-state index in [-0.39, 0.29) is 26.9 Å². The van der Waals surface area contributed by atoms with E-state index in [1.807, 2.05) is 0 Å². The molecule has 6 heteroatoms. The van der Waals surface area contributed by atoms with E-state index in [4.69, 9.17) is 11.0 Å². The van der Waals surface area contributed by atoms with Gasteiger partial charge in [-0.1, -0.05) is 0 Å². The van der Waals surface area contributed by atoms with Crippen molar-refractivity contribution in [2.45, 2.75) is 13.0 Å². The third kappa shape index (κ3) is 1.99. The van der Waals surface area contributed by atoms with E-state index in [0.29, 0.717) is 0 Å². The molecule has 0 aliphatic carbocycles. The number of hydrogen-bond acceptors (Lipinski definition) is 3. The summed E-state index contributed by atoms with van der Waals surface area (Å²) in [6.07, 6.45) is -1.39. The normalized spacial score (nSPS) is 10.3. The van der Waals surface area contributed by atoms with E-state index < -0.39 is 6.43 Å². The smallest absolute Gasteiger partial charge is 0.266 e. The second-order valence-corrected chi connectivity index (χ2v) is 3.49. The Bertz CT molecular complexity index is 387. The summed E-state index contributed by atoms with van der Waals surface area (Å²) in [6, 6.07) is 1.79. The summed E-state index contributed by atoms with van der Waals surface area (Å²) < 4.78 is 25.4. The van der Waals surface area contributed by atoms with Crippen molar-refractivity contribution in [1.29, 1.82) is 5.26 Å². The van der Waals surface area contributed by atoms with Crippen molar-refractivity contribution >= 4 is 22.6 Å². The molecule has 0 saturated carbocycles. The van der Waals surface area contributed by atoms with Crippen molar-refractivity contribution < 1.29 is 8.78 Å². The van der Waals surface area contributed by atoms with Gasteiger partial charge in [0, 0.05) is 12.7 Å². The van der Waals surface area contributed by atoms with E-state index in [9.17, 15) is 8.78 Å². The number of alkyl halides is 2. The lowest BCUT2D eigenvalue weighted by Gasteiger charge is -2.09. The van der Waals surface area contributed by atoms with Crippen LogP contribution in [0.1, 0.15) is 23.1 Å². The van der Waals surface area contributed by atoms with Crippen molar-refractivity contribution in [3.8, 4) is 6.07 Å². The first-order valence-corrected chi connectivity index (χ1v) is 4.75. The van der Waals surface area contributed by atoms with Crippen LogP contribution in [0.2, 0.25) is 0 Å². The SMILES string of the molecule is N#Cc1cnc(I)c(C(F)F)c1CN. The van der Waals surface area contributed by atoms with Crippen molar-refractivity contribution in [2.24, 2.45) is 5.73 Å². The summed E-state index contributed by atoms with van der Waals surface area (Å²) in [5, 5.41) is 8.65. The van der Waals surface area contributed by atoms with E-state index in [1.165, 1.54) is 6.20 Å². The molecule has 0 amide bonds. The highest BCUT2D eigenvalue weighted by Crippen LogP contribution is 2.28. The minimum atomic E-state index is -2.65. The summed E-state index contributed by atoms with van der Waals surface area (Å²) in [7, 11) is 0. The molecular formula is C8H6F2IN3. The van der Waals surface area contributed by atoms with Gasteiger partial charge >= 0.3 is 0 Å². The molecule has 74 valence electrons. The molecule has 0 aliphatic heterocycles. The predicted octanol–water partition coefficient (Wildman–Crippen LogP) is 1.95. The van der Waals surface area contributed by atoms with Gasteiger partial charge in [0.1, 0.15) is 9.77 Å². The van der Waals surface area contributed by atoms with Gasteiger partial charge in [-0.2, -0.15) is 5.26 Å². The van der Waals surface area contributed by atoms with Crippen LogP contribution in [0.15, 0.2) is 6.20 Å². The highest BCUT2D eigenvalue weighted by Gasteiger charge is 2.19. The molecule has 0 aromatic carbocycles. The van der Waals surface area contributed by atoms with Crippen molar-refractivity contribution in [1.82, 2.24) is 4.98 Å². The molecule has 0 radical (unpaired) electrons. The zero-order valence-electron chi connectivity index (χ0n) is 6.97. The molecular weight excluding hydrogens is 303 g/mol. The molecule has 0 fully saturated rings. The van der Waals surface area contributed by atoms with E-state index in [1.54, 1.807) is 28.7 Å². The maximum absolute atomic E-state index is 12.6. The average molecular weight is 309 g/mol. The van der Waals surface area contributed by atoms with Gasteiger partial charge in [0.05, 0.1) is 11.1 Å². The first-order chi connectivity index (χ1) is 6.61. The van der Waals surface area contributed by atoms with Crippen LogP contribution in [-0.4, -0.2) is 4.98 Å². The molecule has 0 spiro atoms. The fraction of sp³-hybridized carbons (Fsp3) is 0.250. The van der Waals surface area contributed by atoms with Gasteiger partial charge < -0.3 is 5.73 Å². The Balaban J connectivity index is 3.45. The zero-order valence-corrected chi connectivity index (χ0v) is 9.12. The monoisotopic (exact) mass is 309 g/mol. The minimum Gasteiger partial charge on any atom is -0.326 e. The highest BCUT2D eigenvalue weighted by molar-refractivity contribution is 14.1. The highest BCUT2D eigenvalue weighted by atomic mass is 127. The lowest BCUT2D eigenvalue weighted by Crippen LogP contribution is -2.08. The molecule has 0 bridgehead atoms. The number of aromatic nitrogens is 1. The molecule has 1 rings (SSSR count). The van der Waals surface area contributed by atoms with Crippen LogP contribution in [0.4, 0.5) is 8.78 Å². The van der Waals surface area contributed by atoms with Gasteiger partial charge in [-0.3, -0.25) is 0 Å². The molecule has 3 nitrogen and oxygen atoms in total. The standard InChI is InChI=1S/C8H6F2IN3/c9-7(10)6-5(2-13)4(1-12)3-14-8(6)11/h3,7H,2,13H2. The zero-order chi connectivity index (χ0) is 10.7. The number of nitriles is 1. The van der Waals surface area contributed by atoms with Gasteiger partial charge in [-0.05, 0) is 28.2 Å². The van der Waals surface area contributed by atoms with Gasteiger partial charge in [0.2, 0.25) is 0 Å². The first-order valence-electron chi connectivity index (χ1n) is 3.67. The molecule has 0 saturated heterocycles. The minimum absolute atomic E-state index is 0.0823. The molecule has 0 unspecified atom stereocenters. The number of rotatable bonds is 2. The summed E-state index contributed by atoms with van der Waals surface area (Å²) in [5.41, 5.74) is 5.39. The van der Waals surface area contributed by atoms with Crippen LogP contribution in [0.3, 0.4) is 0 Å². The molecule has 1 heterocycles. The van der Waals surface area contributed by atoms with Crippen molar-refractivity contribution in [3.05, 3.63) is 26.6 Å². The quantitative estimate of drug-likeness (QED) is 0.671. The Morgan fingerprint density at radius 1 is 1.64 bits per heavy atom. The van der Waals surface area contributed by atoms with Crippen LogP contribution in [-0.2, 0) is 6.54 Å². The van der Waals surface area contributed by atoms with Crippen LogP contribution in [0.5, 0.6) is 0 Å². The molecule has 2 N–H and O–H groups in total. The Morgan fingerprint density at radius 2 is 2.29 bits per heavy atom. The maximum Gasteiger partial charge on any atom is 0.266 e. The first kappa shape index (κ1) is 11.3. The van der Waals surface area contributed by atoms with E-state index >= 15 is 0 Å². The number of pyridine rings is 1. The van der Waals surface area contributed by atoms with Crippen LogP contribution in [0.25, 0.3) is 0 Å². The van der Waals surface area contributed by atoms with E-state index in [0.717, 1.165) is 0 Å². The summed E-state index contributed by atoms with van der Waals surface area (Å²) in [5.74, 6) is 0. The lowest BCUT2D eigenvalue weighted by atomic mass is 10.1. The summed E-state index contributed by atoms with van der Waals surface area (Å²) in [4.78, 5) is 3.71. The van der Waals surface area contributed by atoms with Crippen LogP contribution in [0, 0.1) is 15.0 Å². The predicted molar refractivity (Wildman–Crippen MR) is 54.5 cm³/mol. The average Bonchev–Trinajstić information content (AvgIpc) is 2.16. The van der Waals surface area contributed by atoms with Gasteiger partial charge in [-0.15, -0.1) is 0 Å². The topological polar surface area (TPSA) is 62.7 Å². The van der Waals surface area contributed by atoms with E-state index in [2.05, 4.69) is 4.98 Å². The second kappa shape index (κ2) is 4.61. The summed E-state index contributed by atoms with van der Waals surface area (Å²) >= 11 is 1.70. The maximum atomic E-state index is 12.6. The number of halogens is 3. The fourth-order valence-corrected chi connectivity index (χ4v) is 1.78. The summed E-state index contributed by atoms with van der Waals surface area (Å²) in [6.45, 7) is -0.0823. The van der Waals surface area contributed by atoms with Crippen molar-refractivity contribution in [3.63, 3.8) is 0 Å². The Hall–Kier alpha value is -0.810. The molecule has 0 atom stereocenters. The van der Waals surface area contributed by atoms with Gasteiger partial charge in [-0.25, -0.2) is 13.8 Å². The molecule has 14 heavy (non-hydrogen) atoms. The number of nitrogens with two attached hydrogens (primary N) is 1. The molecule has 1 aromatic heterocycles. The van der Waals surface area contributed by atoms with Crippen LogP contribution < -0.4 is 5.73 Å². The van der Waals surface area contributed by atoms with Gasteiger partial charge in [0.25, 0.3) is 6.43 Å². The Kier molecular flexibility index (Phi) is 3.71. The number of nitrogens with zero attached hydrogens (tertiary/aromatic N) is 2. The lowest BCUT2D eigenvalue weighted by molar-refractivity contribution is 0.148. The Labute approximate surface area is 93.1 Å². The largest absolute Gasteiger partial charge is 0.326 e. The molecule has 0 aliphatic rings. The fourth-order valence-electron chi connectivity index (χ4n) is 1.08. The second-order valence-electron chi connectivity index (χ2n) is 2.47. The molecule has 1 aromatic rings.